The minimum absolute atomic E-state index is 0.129. The maximum Gasteiger partial charge on any atom is 0.400 e. The zero-order chi connectivity index (χ0) is 15.8. The predicted octanol–water partition coefficient (Wildman–Crippen LogP) is 2.33. The van der Waals surface area contributed by atoms with Gasteiger partial charge in [-0.15, -0.1) is 0 Å². The van der Waals surface area contributed by atoms with Gasteiger partial charge in [-0.3, -0.25) is 4.79 Å². The molecule has 1 aromatic carbocycles. The average Bonchev–Trinajstić information content (AvgIpc) is 2.40. The van der Waals surface area contributed by atoms with Crippen molar-refractivity contribution in [3.8, 4) is 0 Å². The summed E-state index contributed by atoms with van der Waals surface area (Å²) < 4.78 is 39.9. The highest BCUT2D eigenvalue weighted by molar-refractivity contribution is 7.81. The number of allylic oxidation sites excluding steroid dienone is 2. The molecular formula is C14H11F3N2OS. The molecule has 0 saturated carbocycles. The van der Waals surface area contributed by atoms with Gasteiger partial charge in [-0.25, -0.2) is 0 Å². The van der Waals surface area contributed by atoms with E-state index >= 15 is 0 Å². The molecule has 1 aromatic rings. The Hall–Kier alpha value is -2.15. The highest BCUT2D eigenvalue weighted by Gasteiger charge is 2.47. The molecule has 110 valence electrons. The molecule has 1 atom stereocenters. The van der Waals surface area contributed by atoms with Gasteiger partial charge in [-0.2, -0.15) is 13.2 Å². The Morgan fingerprint density at radius 1 is 1.19 bits per heavy atom. The summed E-state index contributed by atoms with van der Waals surface area (Å²) in [4.78, 5) is 10.8. The van der Waals surface area contributed by atoms with Crippen molar-refractivity contribution in [3.63, 3.8) is 0 Å². The highest BCUT2D eigenvalue weighted by Crippen LogP contribution is 2.42. The van der Waals surface area contributed by atoms with Gasteiger partial charge in [0.1, 0.15) is 5.92 Å². The van der Waals surface area contributed by atoms with Gasteiger partial charge in [0.15, 0.2) is 0 Å². The fourth-order valence-corrected chi connectivity index (χ4v) is 2.53. The van der Waals surface area contributed by atoms with Crippen LogP contribution in [0.3, 0.4) is 0 Å². The van der Waals surface area contributed by atoms with E-state index in [1.165, 1.54) is 12.1 Å². The van der Waals surface area contributed by atoms with E-state index < -0.39 is 22.9 Å². The molecule has 2 rings (SSSR count). The number of rotatable bonds is 2. The number of hydrogen-bond acceptors (Lipinski definition) is 3. The molecule has 1 amide bonds. The van der Waals surface area contributed by atoms with Crippen LogP contribution in [0.4, 0.5) is 13.2 Å². The van der Waals surface area contributed by atoms with Crippen molar-refractivity contribution < 1.29 is 18.0 Å². The summed E-state index contributed by atoms with van der Waals surface area (Å²) in [5.41, 5.74) is 10.3. The molecule has 0 fully saturated rings. The van der Waals surface area contributed by atoms with Crippen LogP contribution in [0.1, 0.15) is 5.56 Å². The second-order valence-electron chi connectivity index (χ2n) is 4.50. The van der Waals surface area contributed by atoms with E-state index in [1.54, 1.807) is 18.2 Å². The van der Waals surface area contributed by atoms with Gasteiger partial charge in [0.25, 0.3) is 5.91 Å². The number of alkyl halides is 3. The summed E-state index contributed by atoms with van der Waals surface area (Å²) in [5, 5.41) is 0. The van der Waals surface area contributed by atoms with Crippen LogP contribution >= 0.6 is 12.2 Å². The van der Waals surface area contributed by atoms with Crippen LogP contribution in [0, 0.1) is 5.92 Å². The number of halogens is 3. The number of amides is 1. The Morgan fingerprint density at radius 2 is 1.76 bits per heavy atom. The van der Waals surface area contributed by atoms with Gasteiger partial charge in [-0.1, -0.05) is 42.5 Å². The summed E-state index contributed by atoms with van der Waals surface area (Å²) in [7, 11) is 0. The average molecular weight is 312 g/mol. The summed E-state index contributed by atoms with van der Waals surface area (Å²) in [6, 6.07) is 7.88. The molecule has 1 unspecified atom stereocenters. The molecule has 1 aliphatic rings. The van der Waals surface area contributed by atoms with E-state index in [2.05, 4.69) is 0 Å². The first-order chi connectivity index (χ1) is 9.73. The SMILES string of the molecule is NC(=O)C1=C(N)C(=S)C(C(F)(F)F)C(c2ccccc2)=C1. The Balaban J connectivity index is 2.67. The van der Waals surface area contributed by atoms with E-state index in [1.807, 2.05) is 0 Å². The quantitative estimate of drug-likeness (QED) is 0.824. The second kappa shape index (κ2) is 5.33. The zero-order valence-corrected chi connectivity index (χ0v) is 11.5. The van der Waals surface area contributed by atoms with Gasteiger partial charge in [0, 0.05) is 0 Å². The molecule has 3 nitrogen and oxygen atoms in total. The third-order valence-corrected chi connectivity index (χ3v) is 3.58. The van der Waals surface area contributed by atoms with Crippen LogP contribution in [0.2, 0.25) is 0 Å². The van der Waals surface area contributed by atoms with E-state index in [0.717, 1.165) is 6.08 Å². The van der Waals surface area contributed by atoms with Crippen molar-refractivity contribution in [2.45, 2.75) is 6.18 Å². The number of carbonyl (C=O) groups excluding carboxylic acids is 1. The number of primary amides is 1. The van der Waals surface area contributed by atoms with Crippen molar-refractivity contribution in [2.75, 3.05) is 0 Å². The molecule has 0 heterocycles. The number of carbonyl (C=O) groups is 1. The van der Waals surface area contributed by atoms with Gasteiger partial charge >= 0.3 is 6.18 Å². The molecule has 1 aliphatic carbocycles. The highest BCUT2D eigenvalue weighted by atomic mass is 32.1. The lowest BCUT2D eigenvalue weighted by Crippen LogP contribution is -2.38. The lowest BCUT2D eigenvalue weighted by Gasteiger charge is -2.28. The minimum atomic E-state index is -4.60. The van der Waals surface area contributed by atoms with Crippen molar-refractivity contribution in [1.82, 2.24) is 0 Å². The first kappa shape index (κ1) is 15.2. The van der Waals surface area contributed by atoms with Crippen LogP contribution in [0.25, 0.3) is 5.57 Å². The largest absolute Gasteiger partial charge is 0.400 e. The summed E-state index contributed by atoms with van der Waals surface area (Å²) in [5.74, 6) is -2.94. The third-order valence-electron chi connectivity index (χ3n) is 3.13. The van der Waals surface area contributed by atoms with Gasteiger partial charge in [0.2, 0.25) is 0 Å². The molecule has 0 aromatic heterocycles. The van der Waals surface area contributed by atoms with Crippen molar-refractivity contribution in [3.05, 3.63) is 53.2 Å². The van der Waals surface area contributed by atoms with E-state index in [0.29, 0.717) is 5.56 Å². The Labute approximate surface area is 124 Å². The molecule has 0 bridgehead atoms. The maximum atomic E-state index is 13.3. The molecule has 7 heteroatoms. The van der Waals surface area contributed by atoms with Crippen LogP contribution in [-0.4, -0.2) is 16.9 Å². The Bertz CT molecular complexity index is 663. The van der Waals surface area contributed by atoms with Crippen molar-refractivity contribution in [1.29, 1.82) is 0 Å². The second-order valence-corrected chi connectivity index (χ2v) is 4.94. The molecule has 0 saturated heterocycles. The molecule has 0 radical (unpaired) electrons. The van der Waals surface area contributed by atoms with Gasteiger partial charge < -0.3 is 11.5 Å². The monoisotopic (exact) mass is 312 g/mol. The van der Waals surface area contributed by atoms with Crippen LogP contribution in [0.15, 0.2) is 47.7 Å². The predicted molar refractivity (Wildman–Crippen MR) is 77.0 cm³/mol. The molecule has 21 heavy (non-hydrogen) atoms. The molecular weight excluding hydrogens is 301 g/mol. The lowest BCUT2D eigenvalue weighted by atomic mass is 9.82. The number of hydrogen-bond donors (Lipinski definition) is 2. The smallest absolute Gasteiger partial charge is 0.397 e. The molecule has 0 aliphatic heterocycles. The third kappa shape index (κ3) is 2.82. The number of thiocarbonyl (C=S) groups is 1. The van der Waals surface area contributed by atoms with Crippen molar-refractivity contribution >= 4 is 28.6 Å². The first-order valence-corrected chi connectivity index (χ1v) is 6.31. The topological polar surface area (TPSA) is 69.1 Å². The summed E-state index contributed by atoms with van der Waals surface area (Å²) in [6.07, 6.45) is -3.53. The van der Waals surface area contributed by atoms with Crippen molar-refractivity contribution in [2.24, 2.45) is 17.4 Å². The van der Waals surface area contributed by atoms with Gasteiger partial charge in [-0.05, 0) is 17.2 Å². The fourth-order valence-electron chi connectivity index (χ4n) is 2.16. The van der Waals surface area contributed by atoms with Crippen LogP contribution < -0.4 is 11.5 Å². The van der Waals surface area contributed by atoms with Crippen LogP contribution in [-0.2, 0) is 4.79 Å². The first-order valence-electron chi connectivity index (χ1n) is 5.91. The Kier molecular flexibility index (Phi) is 3.87. The summed E-state index contributed by atoms with van der Waals surface area (Å²) in [6.45, 7) is 0. The summed E-state index contributed by atoms with van der Waals surface area (Å²) >= 11 is 4.82. The van der Waals surface area contributed by atoms with E-state index in [-0.39, 0.29) is 16.8 Å². The maximum absolute atomic E-state index is 13.3. The molecule has 4 N–H and O–H groups in total. The van der Waals surface area contributed by atoms with E-state index in [9.17, 15) is 18.0 Å². The van der Waals surface area contributed by atoms with Crippen LogP contribution in [0.5, 0.6) is 0 Å². The standard InChI is InChI=1S/C14H11F3N2OS/c15-14(16,17)10-8(7-4-2-1-3-5-7)6-9(13(19)20)11(18)12(10)21/h1-6,10H,18H2,(H2,19,20). The minimum Gasteiger partial charge on any atom is -0.397 e. The lowest BCUT2D eigenvalue weighted by molar-refractivity contribution is -0.140. The van der Waals surface area contributed by atoms with Gasteiger partial charge in [0.05, 0.1) is 16.1 Å². The molecule has 0 spiro atoms. The number of benzene rings is 1. The van der Waals surface area contributed by atoms with E-state index in [4.69, 9.17) is 23.7 Å². The Morgan fingerprint density at radius 3 is 2.24 bits per heavy atom. The zero-order valence-electron chi connectivity index (χ0n) is 10.6. The normalized spacial score (nSPS) is 19.5. The number of nitrogens with two attached hydrogens (primary N) is 2. The fraction of sp³-hybridized carbons (Fsp3) is 0.143.